The fourth-order valence-corrected chi connectivity index (χ4v) is 3.87. The molecule has 2 N–H and O–H groups in total. The maximum atomic E-state index is 13.6. The van der Waals surface area contributed by atoms with Crippen LogP contribution in [0, 0.1) is 0 Å². The van der Waals surface area contributed by atoms with E-state index in [1.165, 1.54) is 0 Å². The third-order valence-electron chi connectivity index (χ3n) is 4.96. The van der Waals surface area contributed by atoms with Gasteiger partial charge >= 0.3 is 6.09 Å². The molecule has 1 aliphatic rings. The molecule has 1 heterocycles. The van der Waals surface area contributed by atoms with Crippen LogP contribution in [0.1, 0.15) is 56.8 Å². The molecule has 154 valence electrons. The summed E-state index contributed by atoms with van der Waals surface area (Å²) in [4.78, 5) is 26.7. The molecule has 3 rings (SSSR count). The molecule has 0 spiro atoms. The number of amides is 2. The molecule has 1 unspecified atom stereocenters. The largest absolute Gasteiger partial charge is 0.465 e. The van der Waals surface area contributed by atoms with E-state index in [4.69, 9.17) is 4.74 Å². The van der Waals surface area contributed by atoms with Crippen LogP contribution in [0.2, 0.25) is 0 Å². The number of nitrogens with one attached hydrogen (secondary N) is 1. The van der Waals surface area contributed by atoms with Crippen molar-refractivity contribution in [3.05, 3.63) is 71.8 Å². The van der Waals surface area contributed by atoms with E-state index in [1.54, 1.807) is 25.7 Å². The van der Waals surface area contributed by atoms with Crippen LogP contribution in [0.25, 0.3) is 0 Å². The van der Waals surface area contributed by atoms with Gasteiger partial charge in [-0.25, -0.2) is 4.79 Å². The van der Waals surface area contributed by atoms with Crippen molar-refractivity contribution >= 4 is 12.0 Å². The minimum absolute atomic E-state index is 0.143. The first kappa shape index (κ1) is 20.9. The zero-order valence-electron chi connectivity index (χ0n) is 17.0. The number of ether oxygens (including phenoxy) is 1. The summed E-state index contributed by atoms with van der Waals surface area (Å²) in [5.74, 6) is -0.373. The van der Waals surface area contributed by atoms with Crippen molar-refractivity contribution in [1.82, 2.24) is 10.2 Å². The molecule has 2 aromatic rings. The Morgan fingerprint density at radius 3 is 1.79 bits per heavy atom. The Morgan fingerprint density at radius 2 is 1.41 bits per heavy atom. The molecular weight excluding hydrogens is 368 g/mol. The summed E-state index contributed by atoms with van der Waals surface area (Å²) in [7, 11) is 0. The summed E-state index contributed by atoms with van der Waals surface area (Å²) in [6.07, 6.45) is -0.975. The predicted octanol–water partition coefficient (Wildman–Crippen LogP) is 4.50. The SMILES string of the molecule is CC(C)(C)OC(NC(=O)O)C(=O)N1[C@@H](c2ccccc2)CC[C@H]1c1ccccc1. The number of benzene rings is 2. The average molecular weight is 396 g/mol. The fraction of sp³-hybridized carbons (Fsp3) is 0.391. The molecule has 29 heavy (non-hydrogen) atoms. The van der Waals surface area contributed by atoms with Gasteiger partial charge in [0.15, 0.2) is 0 Å². The molecule has 6 nitrogen and oxygen atoms in total. The number of nitrogens with zero attached hydrogens (tertiary/aromatic N) is 1. The molecule has 0 aliphatic carbocycles. The molecule has 0 radical (unpaired) electrons. The van der Waals surface area contributed by atoms with Crippen LogP contribution in [0.15, 0.2) is 60.7 Å². The van der Waals surface area contributed by atoms with E-state index in [1.807, 2.05) is 60.7 Å². The monoisotopic (exact) mass is 396 g/mol. The Bertz CT molecular complexity index is 785. The van der Waals surface area contributed by atoms with Crippen LogP contribution in [-0.2, 0) is 9.53 Å². The van der Waals surface area contributed by atoms with E-state index in [0.29, 0.717) is 0 Å². The van der Waals surface area contributed by atoms with Crippen LogP contribution in [-0.4, -0.2) is 33.8 Å². The fourth-order valence-electron chi connectivity index (χ4n) is 3.87. The number of carbonyl (C=O) groups excluding carboxylic acids is 1. The molecule has 0 bridgehead atoms. The second-order valence-electron chi connectivity index (χ2n) is 8.24. The highest BCUT2D eigenvalue weighted by Gasteiger charge is 2.42. The van der Waals surface area contributed by atoms with Crippen molar-refractivity contribution in [2.45, 2.75) is 57.5 Å². The summed E-state index contributed by atoms with van der Waals surface area (Å²) in [6.45, 7) is 5.39. The van der Waals surface area contributed by atoms with Crippen molar-refractivity contribution in [2.24, 2.45) is 0 Å². The lowest BCUT2D eigenvalue weighted by Gasteiger charge is -2.35. The second-order valence-corrected chi connectivity index (χ2v) is 8.24. The Kier molecular flexibility index (Phi) is 6.23. The minimum Gasteiger partial charge on any atom is -0.465 e. The van der Waals surface area contributed by atoms with E-state index in [2.05, 4.69) is 5.32 Å². The number of hydrogen-bond donors (Lipinski definition) is 2. The summed E-state index contributed by atoms with van der Waals surface area (Å²) in [6, 6.07) is 19.4. The van der Waals surface area contributed by atoms with Gasteiger partial charge in [-0.05, 0) is 44.7 Å². The Morgan fingerprint density at radius 1 is 0.966 bits per heavy atom. The van der Waals surface area contributed by atoms with Crippen LogP contribution >= 0.6 is 0 Å². The molecule has 2 amide bonds. The number of rotatable bonds is 5. The zero-order chi connectivity index (χ0) is 21.0. The van der Waals surface area contributed by atoms with Crippen LogP contribution in [0.3, 0.4) is 0 Å². The molecule has 2 aromatic carbocycles. The average Bonchev–Trinajstić information content (AvgIpc) is 3.12. The third-order valence-corrected chi connectivity index (χ3v) is 4.96. The second kappa shape index (κ2) is 8.66. The highest BCUT2D eigenvalue weighted by Crippen LogP contribution is 2.44. The normalized spacial score (nSPS) is 20.3. The van der Waals surface area contributed by atoms with Crippen molar-refractivity contribution in [3.8, 4) is 0 Å². The number of likely N-dealkylation sites (tertiary alicyclic amines) is 1. The predicted molar refractivity (Wildman–Crippen MR) is 110 cm³/mol. The van der Waals surface area contributed by atoms with Crippen molar-refractivity contribution in [2.75, 3.05) is 0 Å². The molecular formula is C23H28N2O4. The van der Waals surface area contributed by atoms with E-state index < -0.39 is 17.9 Å². The van der Waals surface area contributed by atoms with Gasteiger partial charge in [0, 0.05) is 0 Å². The first-order valence-corrected chi connectivity index (χ1v) is 9.85. The number of carbonyl (C=O) groups is 2. The van der Waals surface area contributed by atoms with E-state index in [0.717, 1.165) is 24.0 Å². The van der Waals surface area contributed by atoms with E-state index in [9.17, 15) is 14.7 Å². The van der Waals surface area contributed by atoms with Crippen molar-refractivity contribution in [3.63, 3.8) is 0 Å². The molecule has 1 saturated heterocycles. The smallest absolute Gasteiger partial charge is 0.407 e. The summed E-state index contributed by atoms with van der Waals surface area (Å²) >= 11 is 0. The maximum Gasteiger partial charge on any atom is 0.407 e. The van der Waals surface area contributed by atoms with Crippen LogP contribution in [0.5, 0.6) is 0 Å². The topological polar surface area (TPSA) is 78.9 Å². The minimum atomic E-state index is -1.29. The van der Waals surface area contributed by atoms with Crippen molar-refractivity contribution < 1.29 is 19.4 Å². The van der Waals surface area contributed by atoms with Gasteiger partial charge < -0.3 is 14.7 Å². The van der Waals surface area contributed by atoms with Gasteiger partial charge in [0.1, 0.15) is 0 Å². The lowest BCUT2D eigenvalue weighted by atomic mass is 10.0. The van der Waals surface area contributed by atoms with Crippen LogP contribution in [0.4, 0.5) is 4.79 Å². The van der Waals surface area contributed by atoms with Gasteiger partial charge in [-0.3, -0.25) is 10.1 Å². The van der Waals surface area contributed by atoms with Gasteiger partial charge in [-0.1, -0.05) is 60.7 Å². The highest BCUT2D eigenvalue weighted by molar-refractivity contribution is 5.85. The molecule has 1 fully saturated rings. The lowest BCUT2D eigenvalue weighted by Crippen LogP contribution is -2.52. The van der Waals surface area contributed by atoms with E-state index >= 15 is 0 Å². The first-order valence-electron chi connectivity index (χ1n) is 9.85. The van der Waals surface area contributed by atoms with Crippen LogP contribution < -0.4 is 5.32 Å². The third kappa shape index (κ3) is 5.15. The lowest BCUT2D eigenvalue weighted by molar-refractivity contribution is -0.159. The molecule has 0 aromatic heterocycles. The van der Waals surface area contributed by atoms with E-state index in [-0.39, 0.29) is 18.0 Å². The standard InChI is InChI=1S/C23H28N2O4/c1-23(2,3)29-20(24-22(27)28)21(26)25-18(16-10-6-4-7-11-16)14-15-19(25)17-12-8-5-9-13-17/h4-13,18-20,24H,14-15H2,1-3H3,(H,27,28)/t18-,19+,20?. The summed E-state index contributed by atoms with van der Waals surface area (Å²) in [5.41, 5.74) is 1.38. The quantitative estimate of drug-likeness (QED) is 0.730. The molecule has 3 atom stereocenters. The number of carboxylic acid groups (broad SMARTS) is 1. The van der Waals surface area contributed by atoms with Gasteiger partial charge in [0.2, 0.25) is 6.23 Å². The van der Waals surface area contributed by atoms with Gasteiger partial charge in [0.05, 0.1) is 17.7 Å². The Balaban J connectivity index is 1.99. The summed E-state index contributed by atoms with van der Waals surface area (Å²) < 4.78 is 5.81. The highest BCUT2D eigenvalue weighted by atomic mass is 16.5. The molecule has 0 saturated carbocycles. The maximum absolute atomic E-state index is 13.6. The van der Waals surface area contributed by atoms with Crippen molar-refractivity contribution in [1.29, 1.82) is 0 Å². The Hall–Kier alpha value is -2.86. The molecule has 6 heteroatoms. The zero-order valence-corrected chi connectivity index (χ0v) is 17.0. The van der Waals surface area contributed by atoms with Gasteiger partial charge in [-0.2, -0.15) is 0 Å². The summed E-state index contributed by atoms with van der Waals surface area (Å²) in [5, 5.41) is 11.5. The van der Waals surface area contributed by atoms with Gasteiger partial charge in [0.25, 0.3) is 5.91 Å². The first-order chi connectivity index (χ1) is 13.8. The molecule has 1 aliphatic heterocycles. The Labute approximate surface area is 171 Å². The van der Waals surface area contributed by atoms with Gasteiger partial charge in [-0.15, -0.1) is 0 Å². The number of hydrogen-bond acceptors (Lipinski definition) is 3.